The number of carbonyl (C=O) groups is 2. The third-order valence-corrected chi connectivity index (χ3v) is 4.66. The number of aliphatic hydroxyl groups excluding tert-OH is 1. The van der Waals surface area contributed by atoms with Gasteiger partial charge in [0.15, 0.2) is 0 Å². The van der Waals surface area contributed by atoms with E-state index in [1.807, 2.05) is 31.2 Å². The number of nitrogens with one attached hydrogen (secondary N) is 2. The molecule has 0 saturated heterocycles. The van der Waals surface area contributed by atoms with E-state index in [4.69, 9.17) is 0 Å². The van der Waals surface area contributed by atoms with E-state index in [-0.39, 0.29) is 24.9 Å². The van der Waals surface area contributed by atoms with E-state index in [0.29, 0.717) is 18.8 Å². The van der Waals surface area contributed by atoms with Gasteiger partial charge in [-0.15, -0.1) is 0 Å². The number of hydrogen-bond donors (Lipinski definition) is 3. The summed E-state index contributed by atoms with van der Waals surface area (Å²) >= 11 is 0. The summed E-state index contributed by atoms with van der Waals surface area (Å²) in [6.45, 7) is 2.26. The molecule has 0 aliphatic heterocycles. The predicted octanol–water partition coefficient (Wildman–Crippen LogP) is 1.71. The molecule has 0 aromatic heterocycles. The molecule has 0 bridgehead atoms. The van der Waals surface area contributed by atoms with Crippen LogP contribution in [-0.2, 0) is 16.0 Å². The number of amides is 2. The monoisotopic (exact) mass is 332 g/mol. The van der Waals surface area contributed by atoms with E-state index >= 15 is 0 Å². The van der Waals surface area contributed by atoms with Crippen molar-refractivity contribution in [2.45, 2.75) is 51.6 Å². The Bertz CT molecular complexity index is 536. The Morgan fingerprint density at radius 2 is 1.79 bits per heavy atom. The van der Waals surface area contributed by atoms with E-state index in [2.05, 4.69) is 10.6 Å². The molecule has 1 saturated carbocycles. The van der Waals surface area contributed by atoms with Crippen molar-refractivity contribution >= 4 is 11.8 Å². The Labute approximate surface area is 143 Å². The van der Waals surface area contributed by atoms with Crippen molar-refractivity contribution < 1.29 is 14.7 Å². The normalized spacial score (nSPS) is 15.9. The van der Waals surface area contributed by atoms with E-state index in [1.165, 1.54) is 5.56 Å². The first-order valence-corrected chi connectivity index (χ1v) is 8.81. The average Bonchev–Trinajstić information content (AvgIpc) is 3.12. The number of aliphatic hydroxyl groups is 1. The highest BCUT2D eigenvalue weighted by Crippen LogP contribution is 2.27. The molecule has 1 unspecified atom stereocenters. The number of carbonyl (C=O) groups excluding carboxylic acids is 2. The molecule has 5 heteroatoms. The molecular formula is C19H28N2O3. The van der Waals surface area contributed by atoms with Crippen LogP contribution in [0.25, 0.3) is 0 Å². The first-order chi connectivity index (χ1) is 11.5. The van der Waals surface area contributed by atoms with Crippen molar-refractivity contribution in [2.75, 3.05) is 13.1 Å². The molecule has 2 amide bonds. The van der Waals surface area contributed by atoms with Crippen LogP contribution in [0.15, 0.2) is 24.3 Å². The van der Waals surface area contributed by atoms with Crippen LogP contribution in [-0.4, -0.2) is 36.1 Å². The van der Waals surface area contributed by atoms with Crippen LogP contribution in [0.5, 0.6) is 0 Å². The van der Waals surface area contributed by atoms with Gasteiger partial charge in [-0.1, -0.05) is 42.7 Å². The molecule has 2 rings (SSSR count). The third-order valence-electron chi connectivity index (χ3n) is 4.66. The van der Waals surface area contributed by atoms with Crippen molar-refractivity contribution in [2.24, 2.45) is 5.92 Å². The summed E-state index contributed by atoms with van der Waals surface area (Å²) in [7, 11) is 0. The van der Waals surface area contributed by atoms with Crippen LogP contribution in [0.4, 0.5) is 0 Å². The van der Waals surface area contributed by atoms with Gasteiger partial charge in [-0.3, -0.25) is 9.59 Å². The van der Waals surface area contributed by atoms with Gasteiger partial charge in [-0.05, 0) is 37.7 Å². The standard InChI is InChI=1S/C19H28N2O3/c1-14-6-8-15(9-7-14)10-11-18(23)21-13-19(24)20-12-17(22)16-4-2-3-5-16/h6-9,16-17,22H,2-5,10-13H2,1H3,(H,20,24)(H,21,23). The van der Waals surface area contributed by atoms with Crippen molar-refractivity contribution in [3.05, 3.63) is 35.4 Å². The van der Waals surface area contributed by atoms with Gasteiger partial charge in [0, 0.05) is 13.0 Å². The number of aryl methyl sites for hydroxylation is 2. The molecule has 5 nitrogen and oxygen atoms in total. The fourth-order valence-corrected chi connectivity index (χ4v) is 3.07. The number of benzene rings is 1. The van der Waals surface area contributed by atoms with E-state index in [0.717, 1.165) is 31.2 Å². The Morgan fingerprint density at radius 3 is 2.46 bits per heavy atom. The van der Waals surface area contributed by atoms with Crippen LogP contribution < -0.4 is 10.6 Å². The minimum atomic E-state index is -0.478. The molecule has 1 aromatic carbocycles. The quantitative estimate of drug-likeness (QED) is 0.678. The van der Waals surface area contributed by atoms with Crippen LogP contribution in [0, 0.1) is 12.8 Å². The summed E-state index contributed by atoms with van der Waals surface area (Å²) in [6.07, 6.45) is 4.93. The molecule has 1 aromatic rings. The summed E-state index contributed by atoms with van der Waals surface area (Å²) in [5.41, 5.74) is 2.31. The zero-order valence-corrected chi connectivity index (χ0v) is 14.4. The molecule has 1 atom stereocenters. The number of hydrogen-bond acceptors (Lipinski definition) is 3. The van der Waals surface area contributed by atoms with Crippen LogP contribution >= 0.6 is 0 Å². The lowest BCUT2D eigenvalue weighted by Crippen LogP contribution is -2.41. The summed E-state index contributed by atoms with van der Waals surface area (Å²) in [6, 6.07) is 8.08. The maximum Gasteiger partial charge on any atom is 0.239 e. The Kier molecular flexibility index (Phi) is 7.25. The van der Waals surface area contributed by atoms with Crippen LogP contribution in [0.2, 0.25) is 0 Å². The van der Waals surface area contributed by atoms with Gasteiger partial charge >= 0.3 is 0 Å². The topological polar surface area (TPSA) is 78.4 Å². The minimum Gasteiger partial charge on any atom is -0.391 e. The third kappa shape index (κ3) is 6.32. The van der Waals surface area contributed by atoms with Gasteiger partial charge in [0.05, 0.1) is 12.6 Å². The van der Waals surface area contributed by atoms with Crippen molar-refractivity contribution in [3.63, 3.8) is 0 Å². The highest BCUT2D eigenvalue weighted by molar-refractivity contribution is 5.84. The molecule has 1 aliphatic rings. The lowest BCUT2D eigenvalue weighted by atomic mass is 10.0. The lowest BCUT2D eigenvalue weighted by Gasteiger charge is -2.18. The molecule has 132 valence electrons. The fraction of sp³-hybridized carbons (Fsp3) is 0.579. The largest absolute Gasteiger partial charge is 0.391 e. The summed E-state index contributed by atoms with van der Waals surface area (Å²) in [5.74, 6) is -0.0906. The van der Waals surface area contributed by atoms with Gasteiger partial charge < -0.3 is 15.7 Å². The molecule has 1 aliphatic carbocycles. The average molecular weight is 332 g/mol. The SMILES string of the molecule is Cc1ccc(CCC(=O)NCC(=O)NCC(O)C2CCCC2)cc1. The molecule has 1 fully saturated rings. The smallest absolute Gasteiger partial charge is 0.239 e. The van der Waals surface area contributed by atoms with Gasteiger partial charge in [0.25, 0.3) is 0 Å². The predicted molar refractivity (Wildman–Crippen MR) is 93.5 cm³/mol. The fourth-order valence-electron chi connectivity index (χ4n) is 3.07. The highest BCUT2D eigenvalue weighted by Gasteiger charge is 2.23. The molecule has 0 heterocycles. The summed E-state index contributed by atoms with van der Waals surface area (Å²) in [4.78, 5) is 23.5. The second-order valence-electron chi connectivity index (χ2n) is 6.68. The first-order valence-electron chi connectivity index (χ1n) is 8.81. The van der Waals surface area contributed by atoms with Gasteiger partial charge in [-0.25, -0.2) is 0 Å². The van der Waals surface area contributed by atoms with Crippen molar-refractivity contribution in [1.82, 2.24) is 10.6 Å². The molecule has 3 N–H and O–H groups in total. The molecular weight excluding hydrogens is 304 g/mol. The first kappa shape index (κ1) is 18.5. The van der Waals surface area contributed by atoms with Crippen LogP contribution in [0.3, 0.4) is 0 Å². The van der Waals surface area contributed by atoms with Gasteiger partial charge in [0.2, 0.25) is 11.8 Å². The Morgan fingerprint density at radius 1 is 1.12 bits per heavy atom. The van der Waals surface area contributed by atoms with E-state index in [9.17, 15) is 14.7 Å². The molecule has 24 heavy (non-hydrogen) atoms. The zero-order valence-electron chi connectivity index (χ0n) is 14.4. The number of rotatable bonds is 8. The lowest BCUT2D eigenvalue weighted by molar-refractivity contribution is -0.126. The maximum absolute atomic E-state index is 11.8. The van der Waals surface area contributed by atoms with Crippen molar-refractivity contribution in [3.8, 4) is 0 Å². The van der Waals surface area contributed by atoms with E-state index < -0.39 is 6.10 Å². The second kappa shape index (κ2) is 9.42. The molecule has 0 spiro atoms. The summed E-state index contributed by atoms with van der Waals surface area (Å²) < 4.78 is 0. The van der Waals surface area contributed by atoms with Crippen molar-refractivity contribution in [1.29, 1.82) is 0 Å². The summed E-state index contributed by atoms with van der Waals surface area (Å²) in [5, 5.41) is 15.3. The van der Waals surface area contributed by atoms with Gasteiger partial charge in [-0.2, -0.15) is 0 Å². The van der Waals surface area contributed by atoms with Crippen LogP contribution in [0.1, 0.15) is 43.2 Å². The Balaban J connectivity index is 1.58. The van der Waals surface area contributed by atoms with Gasteiger partial charge in [0.1, 0.15) is 0 Å². The zero-order chi connectivity index (χ0) is 17.4. The minimum absolute atomic E-state index is 0.0376. The maximum atomic E-state index is 11.8. The highest BCUT2D eigenvalue weighted by atomic mass is 16.3. The molecule has 0 radical (unpaired) electrons. The second-order valence-corrected chi connectivity index (χ2v) is 6.68. The Hall–Kier alpha value is -1.88. The van der Waals surface area contributed by atoms with E-state index in [1.54, 1.807) is 0 Å².